The van der Waals surface area contributed by atoms with E-state index in [4.69, 9.17) is 16.2 Å². The molecule has 1 aromatic carbocycles. The van der Waals surface area contributed by atoms with E-state index in [1.165, 1.54) is 12.8 Å². The van der Waals surface area contributed by atoms with Crippen LogP contribution in [0.15, 0.2) is 18.2 Å². The molecule has 3 nitrogen and oxygen atoms in total. The number of nitrogens with two attached hydrogens (primary N) is 2. The van der Waals surface area contributed by atoms with Gasteiger partial charge in [0.15, 0.2) is 0 Å². The lowest BCUT2D eigenvalue weighted by molar-refractivity contribution is 0.208. The van der Waals surface area contributed by atoms with E-state index in [-0.39, 0.29) is 0 Å². The van der Waals surface area contributed by atoms with Crippen molar-refractivity contribution in [3.8, 4) is 5.75 Å². The second kappa shape index (κ2) is 4.53. The Morgan fingerprint density at radius 2 is 2.00 bits per heavy atom. The molecule has 0 aromatic heterocycles. The van der Waals surface area contributed by atoms with Gasteiger partial charge >= 0.3 is 0 Å². The summed E-state index contributed by atoms with van der Waals surface area (Å²) in [7, 11) is 0. The summed E-state index contributed by atoms with van der Waals surface area (Å²) in [6.45, 7) is 0.479. The maximum absolute atomic E-state index is 5.92. The van der Waals surface area contributed by atoms with E-state index in [0.29, 0.717) is 12.6 Å². The normalized spacial score (nSPS) is 16.9. The first-order valence-electron chi connectivity index (χ1n) is 5.54. The number of benzene rings is 1. The fourth-order valence-corrected chi connectivity index (χ4v) is 2.06. The molecule has 2 rings (SSSR count). The Bertz CT molecular complexity index is 332. The predicted molar refractivity (Wildman–Crippen MR) is 61.6 cm³/mol. The summed E-state index contributed by atoms with van der Waals surface area (Å²) in [5.74, 6) is 0.901. The smallest absolute Gasteiger partial charge is 0.124 e. The standard InChI is InChI=1S/C12H18N2O/c13-8-9-7-10(14)5-6-12(9)15-11-3-1-2-4-11/h5-7,11H,1-4,8,13-14H2. The lowest BCUT2D eigenvalue weighted by Gasteiger charge is -2.16. The van der Waals surface area contributed by atoms with Gasteiger partial charge in [-0.3, -0.25) is 0 Å². The fourth-order valence-electron chi connectivity index (χ4n) is 2.06. The quantitative estimate of drug-likeness (QED) is 0.744. The van der Waals surface area contributed by atoms with E-state index >= 15 is 0 Å². The molecule has 0 aliphatic heterocycles. The van der Waals surface area contributed by atoms with E-state index in [1.54, 1.807) is 0 Å². The van der Waals surface area contributed by atoms with Crippen molar-refractivity contribution in [2.24, 2.45) is 5.73 Å². The monoisotopic (exact) mass is 206 g/mol. The molecule has 82 valence electrons. The second-order valence-electron chi connectivity index (χ2n) is 4.10. The van der Waals surface area contributed by atoms with E-state index < -0.39 is 0 Å². The van der Waals surface area contributed by atoms with Crippen molar-refractivity contribution in [3.63, 3.8) is 0 Å². The third-order valence-corrected chi connectivity index (χ3v) is 2.90. The van der Waals surface area contributed by atoms with Crippen LogP contribution in [0.3, 0.4) is 0 Å². The van der Waals surface area contributed by atoms with Crippen LogP contribution in [0.5, 0.6) is 5.75 Å². The predicted octanol–water partition coefficient (Wildman–Crippen LogP) is 2.05. The van der Waals surface area contributed by atoms with Crippen molar-refractivity contribution in [3.05, 3.63) is 23.8 Å². The molecule has 0 spiro atoms. The lowest BCUT2D eigenvalue weighted by atomic mass is 10.1. The summed E-state index contributed by atoms with van der Waals surface area (Å²) in [5.41, 5.74) is 13.1. The van der Waals surface area contributed by atoms with Gasteiger partial charge in [-0.1, -0.05) is 0 Å². The Kier molecular flexibility index (Phi) is 3.11. The van der Waals surface area contributed by atoms with Crippen LogP contribution in [0.4, 0.5) is 5.69 Å². The molecular weight excluding hydrogens is 188 g/mol. The van der Waals surface area contributed by atoms with Gasteiger partial charge < -0.3 is 16.2 Å². The molecule has 0 radical (unpaired) electrons. The van der Waals surface area contributed by atoms with Crippen molar-refractivity contribution >= 4 is 5.69 Å². The highest BCUT2D eigenvalue weighted by molar-refractivity contribution is 5.47. The number of anilines is 1. The van der Waals surface area contributed by atoms with Gasteiger partial charge in [0.1, 0.15) is 5.75 Å². The SMILES string of the molecule is NCc1cc(N)ccc1OC1CCCC1. The van der Waals surface area contributed by atoms with Crippen molar-refractivity contribution in [1.29, 1.82) is 0 Å². The minimum atomic E-state index is 0.374. The van der Waals surface area contributed by atoms with Crippen LogP contribution in [-0.4, -0.2) is 6.10 Å². The molecule has 1 saturated carbocycles. The Hall–Kier alpha value is -1.22. The van der Waals surface area contributed by atoms with E-state index in [9.17, 15) is 0 Å². The molecule has 0 saturated heterocycles. The third-order valence-electron chi connectivity index (χ3n) is 2.90. The van der Waals surface area contributed by atoms with Gasteiger partial charge in [0.2, 0.25) is 0 Å². The Balaban J connectivity index is 2.12. The molecule has 1 aliphatic rings. The summed E-state index contributed by atoms with van der Waals surface area (Å²) in [5, 5.41) is 0. The number of hydrogen-bond acceptors (Lipinski definition) is 3. The van der Waals surface area contributed by atoms with Gasteiger partial charge in [-0.15, -0.1) is 0 Å². The minimum absolute atomic E-state index is 0.374. The second-order valence-corrected chi connectivity index (χ2v) is 4.10. The summed E-state index contributed by atoms with van der Waals surface area (Å²) >= 11 is 0. The molecule has 0 amide bonds. The van der Waals surface area contributed by atoms with Crippen LogP contribution in [-0.2, 0) is 6.54 Å². The summed E-state index contributed by atoms with van der Waals surface area (Å²) in [6, 6.07) is 5.68. The zero-order valence-electron chi connectivity index (χ0n) is 8.91. The van der Waals surface area contributed by atoms with Crippen LogP contribution in [0, 0.1) is 0 Å². The average Bonchev–Trinajstić information content (AvgIpc) is 2.73. The topological polar surface area (TPSA) is 61.3 Å². The molecule has 0 bridgehead atoms. The van der Waals surface area contributed by atoms with Crippen LogP contribution in [0.25, 0.3) is 0 Å². The number of nitrogen functional groups attached to an aromatic ring is 1. The maximum atomic E-state index is 5.92. The highest BCUT2D eigenvalue weighted by Gasteiger charge is 2.17. The molecule has 3 heteroatoms. The first-order valence-corrected chi connectivity index (χ1v) is 5.54. The van der Waals surface area contributed by atoms with Crippen LogP contribution in [0.2, 0.25) is 0 Å². The zero-order chi connectivity index (χ0) is 10.7. The zero-order valence-corrected chi connectivity index (χ0v) is 8.91. The van der Waals surface area contributed by atoms with Crippen molar-refractivity contribution in [2.75, 3.05) is 5.73 Å². The third kappa shape index (κ3) is 2.42. The van der Waals surface area contributed by atoms with Crippen LogP contribution < -0.4 is 16.2 Å². The number of ether oxygens (including phenoxy) is 1. The van der Waals surface area contributed by atoms with Crippen LogP contribution >= 0.6 is 0 Å². The Morgan fingerprint density at radius 1 is 1.27 bits per heavy atom. The summed E-state index contributed by atoms with van der Waals surface area (Å²) in [6.07, 6.45) is 5.25. The van der Waals surface area contributed by atoms with Gasteiger partial charge in [0, 0.05) is 17.8 Å². The van der Waals surface area contributed by atoms with E-state index in [2.05, 4.69) is 0 Å². The highest BCUT2D eigenvalue weighted by atomic mass is 16.5. The minimum Gasteiger partial charge on any atom is -0.490 e. The highest BCUT2D eigenvalue weighted by Crippen LogP contribution is 2.27. The first kappa shape index (κ1) is 10.3. The van der Waals surface area contributed by atoms with E-state index in [1.807, 2.05) is 18.2 Å². The number of hydrogen-bond donors (Lipinski definition) is 2. The number of rotatable bonds is 3. The van der Waals surface area contributed by atoms with Gasteiger partial charge in [-0.05, 0) is 43.9 Å². The summed E-state index contributed by atoms with van der Waals surface area (Å²) in [4.78, 5) is 0. The molecule has 1 aromatic rings. The summed E-state index contributed by atoms with van der Waals surface area (Å²) < 4.78 is 5.92. The van der Waals surface area contributed by atoms with Gasteiger partial charge in [-0.2, -0.15) is 0 Å². The van der Waals surface area contributed by atoms with E-state index in [0.717, 1.165) is 29.8 Å². The Labute approximate surface area is 90.4 Å². The Morgan fingerprint density at radius 3 is 2.67 bits per heavy atom. The molecule has 1 aliphatic carbocycles. The molecule has 4 N–H and O–H groups in total. The molecule has 0 atom stereocenters. The molecular formula is C12H18N2O. The van der Waals surface area contributed by atoms with Gasteiger partial charge in [0.05, 0.1) is 6.10 Å². The van der Waals surface area contributed by atoms with Gasteiger partial charge in [0.25, 0.3) is 0 Å². The molecule has 0 heterocycles. The van der Waals surface area contributed by atoms with Crippen molar-refractivity contribution < 1.29 is 4.74 Å². The van der Waals surface area contributed by atoms with Crippen molar-refractivity contribution in [1.82, 2.24) is 0 Å². The molecule has 15 heavy (non-hydrogen) atoms. The van der Waals surface area contributed by atoms with Gasteiger partial charge in [-0.25, -0.2) is 0 Å². The maximum Gasteiger partial charge on any atom is 0.124 e. The molecule has 1 fully saturated rings. The molecule has 0 unspecified atom stereocenters. The lowest BCUT2D eigenvalue weighted by Crippen LogP contribution is -2.13. The fraction of sp³-hybridized carbons (Fsp3) is 0.500. The largest absolute Gasteiger partial charge is 0.490 e. The average molecular weight is 206 g/mol. The van der Waals surface area contributed by atoms with Crippen molar-refractivity contribution in [2.45, 2.75) is 38.3 Å². The first-order chi connectivity index (χ1) is 7.29. The van der Waals surface area contributed by atoms with Crippen LogP contribution in [0.1, 0.15) is 31.2 Å².